The van der Waals surface area contributed by atoms with Crippen LogP contribution in [0.2, 0.25) is 0 Å². The summed E-state index contributed by atoms with van der Waals surface area (Å²) in [5.41, 5.74) is 1.76. The van der Waals surface area contributed by atoms with Crippen molar-refractivity contribution in [1.29, 1.82) is 0 Å². The summed E-state index contributed by atoms with van der Waals surface area (Å²) in [5, 5.41) is 9.22. The summed E-state index contributed by atoms with van der Waals surface area (Å²) in [7, 11) is 0. The van der Waals surface area contributed by atoms with Crippen molar-refractivity contribution in [3.8, 4) is 0 Å². The lowest BCUT2D eigenvalue weighted by molar-refractivity contribution is 0.102. The summed E-state index contributed by atoms with van der Waals surface area (Å²) in [6.45, 7) is 6.14. The largest absolute Gasteiger partial charge is 0.372 e. The standard InChI is InChI=1S/C14H18N4O/c1-3-18(4-2)12-7-5-11(6-8-12)14(19)16-13-9-10-15-17-13/h5-10H,3-4H2,1-2H3,(H2,15,16,17,19). The average molecular weight is 258 g/mol. The Morgan fingerprint density at radius 2 is 1.89 bits per heavy atom. The highest BCUT2D eigenvalue weighted by atomic mass is 16.1. The Morgan fingerprint density at radius 1 is 1.21 bits per heavy atom. The van der Waals surface area contributed by atoms with E-state index in [0.717, 1.165) is 18.8 Å². The predicted octanol–water partition coefficient (Wildman–Crippen LogP) is 2.51. The third-order valence-corrected chi connectivity index (χ3v) is 3.01. The van der Waals surface area contributed by atoms with Crippen molar-refractivity contribution in [2.24, 2.45) is 0 Å². The Balaban J connectivity index is 2.07. The SMILES string of the molecule is CCN(CC)c1ccc(C(=O)Nc2ccn[nH]2)cc1. The van der Waals surface area contributed by atoms with Crippen LogP contribution in [0.4, 0.5) is 11.5 Å². The van der Waals surface area contributed by atoms with Gasteiger partial charge >= 0.3 is 0 Å². The van der Waals surface area contributed by atoms with E-state index in [1.54, 1.807) is 12.3 Å². The molecule has 0 atom stereocenters. The molecule has 5 heteroatoms. The molecule has 1 heterocycles. The number of amides is 1. The van der Waals surface area contributed by atoms with E-state index in [-0.39, 0.29) is 5.91 Å². The van der Waals surface area contributed by atoms with Crippen LogP contribution in [-0.4, -0.2) is 29.2 Å². The highest BCUT2D eigenvalue weighted by Gasteiger charge is 2.08. The van der Waals surface area contributed by atoms with Crippen molar-refractivity contribution >= 4 is 17.4 Å². The van der Waals surface area contributed by atoms with Gasteiger partial charge in [0.1, 0.15) is 5.82 Å². The fraction of sp³-hybridized carbons (Fsp3) is 0.286. The molecule has 0 bridgehead atoms. The first-order chi connectivity index (χ1) is 9.24. The highest BCUT2D eigenvalue weighted by molar-refractivity contribution is 6.03. The fourth-order valence-corrected chi connectivity index (χ4v) is 1.93. The summed E-state index contributed by atoms with van der Waals surface area (Å²) >= 11 is 0. The van der Waals surface area contributed by atoms with Gasteiger partial charge in [0, 0.05) is 30.4 Å². The molecule has 1 amide bonds. The number of rotatable bonds is 5. The zero-order valence-corrected chi connectivity index (χ0v) is 11.2. The molecule has 0 unspecified atom stereocenters. The van der Waals surface area contributed by atoms with Crippen LogP contribution in [-0.2, 0) is 0 Å². The molecule has 2 N–H and O–H groups in total. The molecule has 0 aliphatic heterocycles. The molecule has 19 heavy (non-hydrogen) atoms. The Hall–Kier alpha value is -2.30. The first kappa shape index (κ1) is 13.1. The Morgan fingerprint density at radius 3 is 2.42 bits per heavy atom. The third kappa shape index (κ3) is 3.13. The summed E-state index contributed by atoms with van der Waals surface area (Å²) in [4.78, 5) is 14.2. The van der Waals surface area contributed by atoms with Gasteiger partial charge < -0.3 is 10.2 Å². The van der Waals surface area contributed by atoms with Crippen molar-refractivity contribution in [3.05, 3.63) is 42.1 Å². The number of carbonyl (C=O) groups is 1. The van der Waals surface area contributed by atoms with Crippen LogP contribution in [0, 0.1) is 0 Å². The maximum Gasteiger partial charge on any atom is 0.256 e. The molecule has 0 saturated carbocycles. The van der Waals surface area contributed by atoms with Gasteiger partial charge in [-0.2, -0.15) is 5.10 Å². The third-order valence-electron chi connectivity index (χ3n) is 3.01. The van der Waals surface area contributed by atoms with Crippen molar-refractivity contribution < 1.29 is 4.79 Å². The first-order valence-corrected chi connectivity index (χ1v) is 6.40. The van der Waals surface area contributed by atoms with Crippen LogP contribution < -0.4 is 10.2 Å². The lowest BCUT2D eigenvalue weighted by atomic mass is 10.2. The van der Waals surface area contributed by atoms with Crippen LogP contribution in [0.25, 0.3) is 0 Å². The van der Waals surface area contributed by atoms with Gasteiger partial charge in [0.05, 0.1) is 6.20 Å². The van der Waals surface area contributed by atoms with Gasteiger partial charge in [-0.25, -0.2) is 0 Å². The van der Waals surface area contributed by atoms with E-state index >= 15 is 0 Å². The van der Waals surface area contributed by atoms with Gasteiger partial charge in [0.25, 0.3) is 5.91 Å². The number of hydrogen-bond acceptors (Lipinski definition) is 3. The fourth-order valence-electron chi connectivity index (χ4n) is 1.93. The zero-order chi connectivity index (χ0) is 13.7. The molecule has 0 aliphatic rings. The number of nitrogens with one attached hydrogen (secondary N) is 2. The van der Waals surface area contributed by atoms with E-state index in [9.17, 15) is 4.79 Å². The maximum absolute atomic E-state index is 12.0. The second-order valence-corrected chi connectivity index (χ2v) is 4.14. The van der Waals surface area contributed by atoms with Crippen molar-refractivity contribution in [2.75, 3.05) is 23.3 Å². The zero-order valence-electron chi connectivity index (χ0n) is 11.2. The second kappa shape index (κ2) is 6.04. The number of nitrogens with zero attached hydrogens (tertiary/aromatic N) is 2. The molecule has 5 nitrogen and oxygen atoms in total. The van der Waals surface area contributed by atoms with Crippen LogP contribution in [0.3, 0.4) is 0 Å². The minimum absolute atomic E-state index is 0.143. The Kier molecular flexibility index (Phi) is 4.18. The highest BCUT2D eigenvalue weighted by Crippen LogP contribution is 2.15. The molecule has 0 saturated heterocycles. The second-order valence-electron chi connectivity index (χ2n) is 4.14. The van der Waals surface area contributed by atoms with Gasteiger partial charge in [0.2, 0.25) is 0 Å². The lowest BCUT2D eigenvalue weighted by Gasteiger charge is -2.20. The van der Waals surface area contributed by atoms with E-state index in [0.29, 0.717) is 11.4 Å². The minimum Gasteiger partial charge on any atom is -0.372 e. The molecular formula is C14H18N4O. The van der Waals surface area contributed by atoms with Crippen LogP contribution >= 0.6 is 0 Å². The smallest absolute Gasteiger partial charge is 0.256 e. The molecule has 0 radical (unpaired) electrons. The van der Waals surface area contributed by atoms with Crippen LogP contribution in [0.5, 0.6) is 0 Å². The quantitative estimate of drug-likeness (QED) is 0.866. The van der Waals surface area contributed by atoms with Gasteiger partial charge in [-0.15, -0.1) is 0 Å². The summed E-state index contributed by atoms with van der Waals surface area (Å²) in [6, 6.07) is 9.31. The molecule has 1 aromatic carbocycles. The number of benzene rings is 1. The normalized spacial score (nSPS) is 10.2. The summed E-state index contributed by atoms with van der Waals surface area (Å²) in [6.07, 6.45) is 1.60. The summed E-state index contributed by atoms with van der Waals surface area (Å²) in [5.74, 6) is 0.452. The predicted molar refractivity (Wildman–Crippen MR) is 76.5 cm³/mol. The molecule has 0 spiro atoms. The Labute approximate surface area is 112 Å². The Bertz CT molecular complexity index is 515. The number of aromatic nitrogens is 2. The number of hydrogen-bond donors (Lipinski definition) is 2. The van der Waals surface area contributed by atoms with Gasteiger partial charge in [0.15, 0.2) is 0 Å². The van der Waals surface area contributed by atoms with E-state index < -0.39 is 0 Å². The molecule has 0 aliphatic carbocycles. The van der Waals surface area contributed by atoms with Gasteiger partial charge in [-0.05, 0) is 38.1 Å². The minimum atomic E-state index is -0.143. The summed E-state index contributed by atoms with van der Waals surface area (Å²) < 4.78 is 0. The monoisotopic (exact) mass is 258 g/mol. The molecule has 2 aromatic rings. The number of carbonyl (C=O) groups excluding carboxylic acids is 1. The maximum atomic E-state index is 12.0. The first-order valence-electron chi connectivity index (χ1n) is 6.40. The van der Waals surface area contributed by atoms with E-state index in [1.807, 2.05) is 24.3 Å². The number of anilines is 2. The van der Waals surface area contributed by atoms with E-state index in [1.165, 1.54) is 0 Å². The van der Waals surface area contributed by atoms with Crippen LogP contribution in [0.1, 0.15) is 24.2 Å². The van der Waals surface area contributed by atoms with E-state index in [2.05, 4.69) is 34.3 Å². The topological polar surface area (TPSA) is 61.0 Å². The number of H-pyrrole nitrogens is 1. The van der Waals surface area contributed by atoms with Crippen molar-refractivity contribution in [3.63, 3.8) is 0 Å². The van der Waals surface area contributed by atoms with Crippen molar-refractivity contribution in [1.82, 2.24) is 10.2 Å². The van der Waals surface area contributed by atoms with Gasteiger partial charge in [-0.1, -0.05) is 0 Å². The lowest BCUT2D eigenvalue weighted by Crippen LogP contribution is -2.21. The van der Waals surface area contributed by atoms with E-state index in [4.69, 9.17) is 0 Å². The van der Waals surface area contributed by atoms with Crippen LogP contribution in [0.15, 0.2) is 36.5 Å². The molecule has 1 aromatic heterocycles. The molecular weight excluding hydrogens is 240 g/mol. The number of aromatic amines is 1. The molecule has 100 valence electrons. The average Bonchev–Trinajstić information content (AvgIpc) is 2.94. The van der Waals surface area contributed by atoms with Gasteiger partial charge in [-0.3, -0.25) is 9.89 Å². The van der Waals surface area contributed by atoms with Crippen molar-refractivity contribution in [2.45, 2.75) is 13.8 Å². The molecule has 2 rings (SSSR count). The molecule has 0 fully saturated rings.